The second-order valence-electron chi connectivity index (χ2n) is 19.2. The summed E-state index contributed by atoms with van der Waals surface area (Å²) < 4.78 is 16.2. The Morgan fingerprint density at radius 3 is 1.60 bits per heavy atom. The van der Waals surface area contributed by atoms with Crippen molar-refractivity contribution >= 4 is 134 Å². The lowest BCUT2D eigenvalue weighted by molar-refractivity contribution is 0.670. The van der Waals surface area contributed by atoms with Crippen molar-refractivity contribution in [2.75, 3.05) is 0 Å². The van der Waals surface area contributed by atoms with Crippen LogP contribution in [0, 0.1) is 17.9 Å². The van der Waals surface area contributed by atoms with Gasteiger partial charge in [0.2, 0.25) is 5.69 Å². The van der Waals surface area contributed by atoms with E-state index in [1.54, 1.807) is 22.7 Å². The van der Waals surface area contributed by atoms with Crippen molar-refractivity contribution in [3.8, 4) is 50.8 Å². The molecule has 16 aromatic rings. The lowest BCUT2D eigenvalue weighted by Crippen LogP contribution is -2.09. The monoisotopic (exact) mass is 988 g/mol. The van der Waals surface area contributed by atoms with Gasteiger partial charge in [0.15, 0.2) is 0 Å². The first kappa shape index (κ1) is 41.8. The summed E-state index contributed by atoms with van der Waals surface area (Å²) in [6, 6.07) is 79.5. The second-order valence-corrected chi connectivity index (χ2v) is 21.3. The van der Waals surface area contributed by atoms with Gasteiger partial charge in [-0.2, -0.15) is 5.26 Å². The molecular weight excluding hydrogens is 953 g/mol. The smallest absolute Gasteiger partial charge is 0.220 e. The highest BCUT2D eigenvalue weighted by molar-refractivity contribution is 7.27. The number of nitriles is 1. The minimum atomic E-state index is 0.396. The largest absolute Gasteiger partial charge is 0.455 e. The van der Waals surface area contributed by atoms with Crippen LogP contribution >= 0.6 is 22.7 Å². The molecule has 346 valence electrons. The average molecular weight is 989 g/mol. The zero-order chi connectivity index (χ0) is 49.5. The van der Waals surface area contributed by atoms with Crippen molar-refractivity contribution in [2.45, 2.75) is 0 Å². The van der Waals surface area contributed by atoms with Gasteiger partial charge in [-0.1, -0.05) is 188 Å². The number of benzene rings is 11. The van der Waals surface area contributed by atoms with Gasteiger partial charge in [0, 0.05) is 80.0 Å². The Hall–Kier alpha value is -9.76. The number of hydrogen-bond acceptors (Lipinski definition) is 4. The average Bonchev–Trinajstić information content (AvgIpc) is 4.30. The maximum atomic E-state index is 12.2. The molecule has 0 bridgehead atoms. The highest BCUT2D eigenvalue weighted by atomic mass is 32.1. The molecule has 5 nitrogen and oxygen atoms in total. The van der Waals surface area contributed by atoms with E-state index < -0.39 is 0 Å². The zero-order valence-electron chi connectivity index (χ0n) is 39.8. The van der Waals surface area contributed by atoms with E-state index >= 15 is 0 Å². The van der Waals surface area contributed by atoms with Crippen molar-refractivity contribution in [3.05, 3.63) is 235 Å². The Morgan fingerprint density at radius 1 is 0.427 bits per heavy atom. The van der Waals surface area contributed by atoms with Gasteiger partial charge in [0.1, 0.15) is 17.2 Å². The van der Waals surface area contributed by atoms with Crippen LogP contribution in [0.25, 0.3) is 155 Å². The summed E-state index contributed by atoms with van der Waals surface area (Å²) in [5, 5.41) is 23.4. The molecule has 0 radical (unpaired) electrons. The van der Waals surface area contributed by atoms with Crippen LogP contribution in [-0.4, -0.2) is 9.13 Å². The quantitative estimate of drug-likeness (QED) is 0.161. The number of rotatable bonds is 5. The minimum absolute atomic E-state index is 0.396. The van der Waals surface area contributed by atoms with Crippen molar-refractivity contribution in [1.29, 1.82) is 5.26 Å². The van der Waals surface area contributed by atoms with E-state index in [1.807, 2.05) is 48.5 Å². The molecule has 0 aliphatic heterocycles. The van der Waals surface area contributed by atoms with Crippen LogP contribution in [0.1, 0.15) is 5.56 Å². The van der Waals surface area contributed by atoms with E-state index in [0.717, 1.165) is 119 Å². The molecule has 0 saturated heterocycles. The van der Waals surface area contributed by atoms with E-state index in [1.165, 1.54) is 20.2 Å². The van der Waals surface area contributed by atoms with Crippen molar-refractivity contribution < 1.29 is 4.42 Å². The molecule has 5 aromatic heterocycles. The van der Waals surface area contributed by atoms with E-state index in [-0.39, 0.29) is 0 Å². The van der Waals surface area contributed by atoms with Gasteiger partial charge in [-0.3, -0.25) is 0 Å². The Kier molecular flexibility index (Phi) is 8.85. The summed E-state index contributed by atoms with van der Waals surface area (Å²) in [6.07, 6.45) is 0. The Bertz CT molecular complexity index is 5080. The predicted octanol–water partition coefficient (Wildman–Crippen LogP) is 19.9. The molecule has 11 aromatic carbocycles. The first-order chi connectivity index (χ1) is 37.2. The fraction of sp³-hybridized carbons (Fsp3) is 0. The molecule has 0 fully saturated rings. The normalized spacial score (nSPS) is 12.0. The maximum Gasteiger partial charge on any atom is 0.220 e. The standard InChI is InChI=1S/C68H36N4OS2/c1-70-61-58(39-18-4-2-5-19-39)52(38-69)62(72-63-45(34-36-49-42-23-10-14-32-56(42)74-67(49)63)46-35-37-50-43-24-11-15-33-57(43)75-68(50)64(46)72)59(40-20-6-3-7-21-40)65(61)71-53-29-12-8-25-51(53)60-44(26-17-30-54(60)71)48-28-16-27-47-41-22-9-13-31-55(41)73-66(47)48/h2-37H. The Labute approximate surface area is 436 Å². The Morgan fingerprint density at radius 2 is 0.947 bits per heavy atom. The summed E-state index contributed by atoms with van der Waals surface area (Å²) in [4.78, 5) is 4.62. The van der Waals surface area contributed by atoms with Crippen molar-refractivity contribution in [1.82, 2.24) is 9.13 Å². The highest BCUT2D eigenvalue weighted by Gasteiger charge is 2.33. The molecule has 75 heavy (non-hydrogen) atoms. The fourth-order valence-corrected chi connectivity index (χ4v) is 14.8. The number of aromatic nitrogens is 2. The predicted molar refractivity (Wildman–Crippen MR) is 315 cm³/mol. The van der Waals surface area contributed by atoms with Gasteiger partial charge in [-0.25, -0.2) is 4.85 Å². The molecule has 0 spiro atoms. The summed E-state index contributed by atoms with van der Waals surface area (Å²) in [5.74, 6) is 0. The molecule has 0 N–H and O–H groups in total. The number of para-hydroxylation sites is 3. The third-order valence-corrected chi connectivity index (χ3v) is 17.8. The number of fused-ring (bicyclic) bond motifs is 17. The topological polar surface area (TPSA) is 51.1 Å². The van der Waals surface area contributed by atoms with Crippen LogP contribution in [0.5, 0.6) is 0 Å². The van der Waals surface area contributed by atoms with E-state index in [4.69, 9.17) is 4.42 Å². The van der Waals surface area contributed by atoms with Crippen molar-refractivity contribution in [3.63, 3.8) is 0 Å². The zero-order valence-corrected chi connectivity index (χ0v) is 41.4. The van der Waals surface area contributed by atoms with E-state index in [0.29, 0.717) is 22.5 Å². The molecule has 0 unspecified atom stereocenters. The van der Waals surface area contributed by atoms with Gasteiger partial charge in [-0.15, -0.1) is 22.7 Å². The molecule has 16 rings (SSSR count). The van der Waals surface area contributed by atoms with Crippen LogP contribution in [0.3, 0.4) is 0 Å². The van der Waals surface area contributed by atoms with Gasteiger partial charge in [0.25, 0.3) is 0 Å². The SMILES string of the molecule is [C-]#[N+]c1c(-c2ccccc2)c(C#N)c(-n2c3c(ccc4c5ccccc5sc43)c3ccc4c5ccccc5sc4c32)c(-c2ccccc2)c1-n1c2ccccc2c2c(-c3cccc4c3oc3ccccc34)cccc21. The molecule has 0 atom stereocenters. The Balaban J connectivity index is 1.16. The summed E-state index contributed by atoms with van der Waals surface area (Å²) in [5.41, 5.74) is 12.9. The van der Waals surface area contributed by atoms with Gasteiger partial charge < -0.3 is 13.6 Å². The van der Waals surface area contributed by atoms with Crippen LogP contribution in [-0.2, 0) is 0 Å². The number of hydrogen-bond donors (Lipinski definition) is 0. The van der Waals surface area contributed by atoms with Crippen LogP contribution in [0.15, 0.2) is 223 Å². The maximum absolute atomic E-state index is 12.2. The number of furan rings is 1. The fourth-order valence-electron chi connectivity index (χ4n) is 12.3. The minimum Gasteiger partial charge on any atom is -0.455 e. The molecule has 0 aliphatic carbocycles. The van der Waals surface area contributed by atoms with E-state index in [9.17, 15) is 11.8 Å². The van der Waals surface area contributed by atoms with Gasteiger partial charge in [0.05, 0.1) is 55.0 Å². The lowest BCUT2D eigenvalue weighted by atomic mass is 9.88. The summed E-state index contributed by atoms with van der Waals surface area (Å²) >= 11 is 3.59. The molecule has 0 saturated carbocycles. The number of thiophene rings is 2. The molecule has 0 amide bonds. The third-order valence-electron chi connectivity index (χ3n) is 15.4. The second kappa shape index (κ2) is 15.9. The third kappa shape index (κ3) is 5.74. The van der Waals surface area contributed by atoms with E-state index in [2.05, 4.69) is 190 Å². The van der Waals surface area contributed by atoms with Crippen molar-refractivity contribution in [2.24, 2.45) is 0 Å². The molecule has 5 heterocycles. The van der Waals surface area contributed by atoms with Gasteiger partial charge in [-0.05, 0) is 47.0 Å². The lowest BCUT2D eigenvalue weighted by Gasteiger charge is -2.26. The van der Waals surface area contributed by atoms with Crippen LogP contribution in [0.4, 0.5) is 5.69 Å². The van der Waals surface area contributed by atoms with Crippen LogP contribution in [0.2, 0.25) is 0 Å². The highest BCUT2D eigenvalue weighted by Crippen LogP contribution is 2.55. The molecule has 7 heteroatoms. The van der Waals surface area contributed by atoms with Crippen LogP contribution < -0.4 is 0 Å². The van der Waals surface area contributed by atoms with Gasteiger partial charge >= 0.3 is 0 Å². The molecule has 0 aliphatic rings. The molecular formula is C68H36N4OS2. The summed E-state index contributed by atoms with van der Waals surface area (Å²) in [6.45, 7) is 9.48. The first-order valence-corrected chi connectivity index (χ1v) is 26.6. The first-order valence-electron chi connectivity index (χ1n) is 24.9. The summed E-state index contributed by atoms with van der Waals surface area (Å²) in [7, 11) is 0. The number of nitrogens with zero attached hydrogens (tertiary/aromatic N) is 4.